The van der Waals surface area contributed by atoms with E-state index in [9.17, 15) is 13.2 Å². The number of hydrogen-bond donors (Lipinski definition) is 0. The van der Waals surface area contributed by atoms with Gasteiger partial charge < -0.3 is 9.47 Å². The van der Waals surface area contributed by atoms with Crippen LogP contribution in [0.4, 0.5) is 0 Å². The van der Waals surface area contributed by atoms with Crippen molar-refractivity contribution in [3.8, 4) is 5.75 Å². The molecule has 1 saturated heterocycles. The van der Waals surface area contributed by atoms with E-state index in [1.54, 1.807) is 0 Å². The van der Waals surface area contributed by atoms with Gasteiger partial charge >= 0.3 is 5.97 Å². The molecule has 1 fully saturated rings. The van der Waals surface area contributed by atoms with E-state index in [1.807, 2.05) is 30.3 Å². The third-order valence-corrected chi connectivity index (χ3v) is 6.69. The Balaban J connectivity index is 1.67. The van der Waals surface area contributed by atoms with Gasteiger partial charge in [0.1, 0.15) is 10.6 Å². The van der Waals surface area contributed by atoms with Crippen molar-refractivity contribution < 1.29 is 22.7 Å². The summed E-state index contributed by atoms with van der Waals surface area (Å²) < 4.78 is 37.8. The summed E-state index contributed by atoms with van der Waals surface area (Å²) >= 11 is 0. The van der Waals surface area contributed by atoms with Gasteiger partial charge in [0.25, 0.3) is 0 Å². The molecule has 1 aliphatic rings. The Kier molecular flexibility index (Phi) is 6.70. The number of aryl methyl sites for hydroxylation is 1. The largest absolute Gasteiger partial charge is 0.495 e. The second kappa shape index (κ2) is 9.21. The van der Waals surface area contributed by atoms with Crippen LogP contribution in [0, 0.1) is 0 Å². The molecule has 0 aliphatic carbocycles. The summed E-state index contributed by atoms with van der Waals surface area (Å²) in [5.41, 5.74) is 1.39. The standard InChI is InChI=1S/C21H25NO5S/c1-26-19-12-11-18(16-20(19)28(24,25)22-13-5-6-14-22)21(23)27-15-7-10-17-8-3-2-4-9-17/h2-4,8-9,11-12,16H,5-7,10,13-15H2,1H3. The summed E-state index contributed by atoms with van der Waals surface area (Å²) in [4.78, 5) is 12.4. The molecule has 0 bridgehead atoms. The molecule has 7 heteroatoms. The molecular weight excluding hydrogens is 378 g/mol. The van der Waals surface area contributed by atoms with Gasteiger partial charge in [0, 0.05) is 13.1 Å². The molecule has 0 aromatic heterocycles. The molecular formula is C21H25NO5S. The predicted octanol–water partition coefficient (Wildman–Crippen LogP) is 3.27. The molecule has 2 aromatic rings. The number of hydrogen-bond acceptors (Lipinski definition) is 5. The molecule has 0 amide bonds. The van der Waals surface area contributed by atoms with Crippen LogP contribution in [-0.4, -0.2) is 45.5 Å². The fraction of sp³-hybridized carbons (Fsp3) is 0.381. The number of methoxy groups -OCH3 is 1. The number of carbonyl (C=O) groups is 1. The fourth-order valence-corrected chi connectivity index (χ4v) is 4.94. The number of carbonyl (C=O) groups excluding carboxylic acids is 1. The summed E-state index contributed by atoms with van der Waals surface area (Å²) in [5.74, 6) is -0.305. The first-order chi connectivity index (χ1) is 13.5. The molecule has 1 aliphatic heterocycles. The van der Waals surface area contributed by atoms with Crippen molar-refractivity contribution in [2.24, 2.45) is 0 Å². The lowest BCUT2D eigenvalue weighted by Crippen LogP contribution is -2.28. The molecule has 2 aromatic carbocycles. The summed E-state index contributed by atoms with van der Waals surface area (Å²) in [6.07, 6.45) is 3.19. The van der Waals surface area contributed by atoms with Crippen LogP contribution in [0.1, 0.15) is 35.2 Å². The van der Waals surface area contributed by atoms with Crippen LogP contribution in [0.3, 0.4) is 0 Å². The number of esters is 1. The fourth-order valence-electron chi connectivity index (χ4n) is 3.24. The van der Waals surface area contributed by atoms with Crippen molar-refractivity contribution in [3.63, 3.8) is 0 Å². The number of benzene rings is 2. The van der Waals surface area contributed by atoms with E-state index in [1.165, 1.54) is 35.2 Å². The molecule has 6 nitrogen and oxygen atoms in total. The van der Waals surface area contributed by atoms with Gasteiger partial charge in [-0.15, -0.1) is 0 Å². The predicted molar refractivity (Wildman–Crippen MR) is 106 cm³/mol. The topological polar surface area (TPSA) is 72.9 Å². The van der Waals surface area contributed by atoms with Crippen LogP contribution in [0.5, 0.6) is 5.75 Å². The highest BCUT2D eigenvalue weighted by molar-refractivity contribution is 7.89. The van der Waals surface area contributed by atoms with E-state index in [0.717, 1.165) is 19.3 Å². The van der Waals surface area contributed by atoms with Crippen LogP contribution < -0.4 is 4.74 Å². The summed E-state index contributed by atoms with van der Waals surface area (Å²) in [5, 5.41) is 0. The third-order valence-electron chi connectivity index (χ3n) is 4.77. The highest BCUT2D eigenvalue weighted by Crippen LogP contribution is 2.30. The second-order valence-corrected chi connectivity index (χ2v) is 8.61. The molecule has 0 unspecified atom stereocenters. The minimum Gasteiger partial charge on any atom is -0.495 e. The summed E-state index contributed by atoms with van der Waals surface area (Å²) in [6, 6.07) is 14.3. The van der Waals surface area contributed by atoms with E-state index < -0.39 is 16.0 Å². The first kappa shape index (κ1) is 20.4. The van der Waals surface area contributed by atoms with E-state index >= 15 is 0 Å². The molecule has 3 rings (SSSR count). The van der Waals surface area contributed by atoms with Crippen LogP contribution >= 0.6 is 0 Å². The number of sulfonamides is 1. The number of nitrogens with zero attached hydrogens (tertiary/aromatic N) is 1. The molecule has 0 saturated carbocycles. The van der Waals surface area contributed by atoms with Crippen molar-refractivity contribution in [1.82, 2.24) is 4.31 Å². The number of rotatable bonds is 8. The van der Waals surface area contributed by atoms with Crippen molar-refractivity contribution in [2.45, 2.75) is 30.6 Å². The van der Waals surface area contributed by atoms with Crippen molar-refractivity contribution in [1.29, 1.82) is 0 Å². The lowest BCUT2D eigenvalue weighted by atomic mass is 10.1. The zero-order chi connectivity index (χ0) is 20.0. The lowest BCUT2D eigenvalue weighted by molar-refractivity contribution is 0.0500. The van der Waals surface area contributed by atoms with E-state index in [2.05, 4.69) is 0 Å². The Hall–Kier alpha value is -2.38. The van der Waals surface area contributed by atoms with Gasteiger partial charge in [0.05, 0.1) is 19.3 Å². The van der Waals surface area contributed by atoms with Crippen LogP contribution in [0.15, 0.2) is 53.4 Å². The Morgan fingerprint density at radius 3 is 2.46 bits per heavy atom. The molecule has 0 N–H and O–H groups in total. The van der Waals surface area contributed by atoms with Gasteiger partial charge in [-0.3, -0.25) is 0 Å². The van der Waals surface area contributed by atoms with Gasteiger partial charge in [-0.1, -0.05) is 30.3 Å². The smallest absolute Gasteiger partial charge is 0.338 e. The van der Waals surface area contributed by atoms with E-state index in [4.69, 9.17) is 9.47 Å². The second-order valence-electron chi connectivity index (χ2n) is 6.70. The van der Waals surface area contributed by atoms with Gasteiger partial charge in [-0.2, -0.15) is 4.31 Å². The molecule has 150 valence electrons. The Labute approximate surface area is 166 Å². The minimum absolute atomic E-state index is 0.00985. The van der Waals surface area contributed by atoms with Crippen molar-refractivity contribution in [2.75, 3.05) is 26.8 Å². The van der Waals surface area contributed by atoms with Crippen molar-refractivity contribution >= 4 is 16.0 Å². The number of ether oxygens (including phenoxy) is 2. The molecule has 0 spiro atoms. The van der Waals surface area contributed by atoms with Crippen molar-refractivity contribution in [3.05, 3.63) is 59.7 Å². The van der Waals surface area contributed by atoms with Crippen LogP contribution in [-0.2, 0) is 21.2 Å². The van der Waals surface area contributed by atoms with E-state index in [0.29, 0.717) is 19.5 Å². The Bertz CT molecular complexity index is 906. The van der Waals surface area contributed by atoms with Gasteiger partial charge in [0.15, 0.2) is 0 Å². The highest BCUT2D eigenvalue weighted by atomic mass is 32.2. The lowest BCUT2D eigenvalue weighted by Gasteiger charge is -2.18. The van der Waals surface area contributed by atoms with Crippen LogP contribution in [0.2, 0.25) is 0 Å². The SMILES string of the molecule is COc1ccc(C(=O)OCCCc2ccccc2)cc1S(=O)(=O)N1CCCC1. The van der Waals surface area contributed by atoms with E-state index in [-0.39, 0.29) is 22.8 Å². The Morgan fingerprint density at radius 2 is 1.79 bits per heavy atom. The zero-order valence-electron chi connectivity index (χ0n) is 16.0. The maximum Gasteiger partial charge on any atom is 0.338 e. The first-order valence-corrected chi connectivity index (χ1v) is 10.9. The molecule has 0 radical (unpaired) electrons. The van der Waals surface area contributed by atoms with Gasteiger partial charge in [-0.05, 0) is 49.4 Å². The molecule has 0 atom stereocenters. The monoisotopic (exact) mass is 403 g/mol. The van der Waals surface area contributed by atoms with Gasteiger partial charge in [-0.25, -0.2) is 13.2 Å². The average molecular weight is 404 g/mol. The normalized spacial score (nSPS) is 14.8. The van der Waals surface area contributed by atoms with Gasteiger partial charge in [0.2, 0.25) is 10.0 Å². The minimum atomic E-state index is -3.70. The average Bonchev–Trinajstić information content (AvgIpc) is 3.27. The summed E-state index contributed by atoms with van der Waals surface area (Å²) in [7, 11) is -2.28. The van der Waals surface area contributed by atoms with Crippen LogP contribution in [0.25, 0.3) is 0 Å². The highest BCUT2D eigenvalue weighted by Gasteiger charge is 2.30. The Morgan fingerprint density at radius 1 is 1.07 bits per heavy atom. The zero-order valence-corrected chi connectivity index (χ0v) is 16.8. The molecule has 28 heavy (non-hydrogen) atoms. The first-order valence-electron chi connectivity index (χ1n) is 9.41. The maximum absolute atomic E-state index is 12.9. The maximum atomic E-state index is 12.9. The molecule has 1 heterocycles. The summed E-state index contributed by atoms with van der Waals surface area (Å²) in [6.45, 7) is 1.24. The quantitative estimate of drug-likeness (QED) is 0.500. The third kappa shape index (κ3) is 4.72.